The minimum atomic E-state index is -0.477. The summed E-state index contributed by atoms with van der Waals surface area (Å²) in [5.74, 6) is 0.499. The summed E-state index contributed by atoms with van der Waals surface area (Å²) >= 11 is 0. The molecule has 0 bridgehead atoms. The minimum Gasteiger partial charge on any atom is -0.351 e. The summed E-state index contributed by atoms with van der Waals surface area (Å²) in [5.41, 5.74) is 7.61. The molecule has 0 aromatic heterocycles. The molecular weight excluding hydrogens is 302 g/mol. The Morgan fingerprint density at radius 1 is 1.25 bits per heavy atom. The van der Waals surface area contributed by atoms with Gasteiger partial charge in [-0.2, -0.15) is 0 Å². The fourth-order valence-electron chi connectivity index (χ4n) is 3.13. The van der Waals surface area contributed by atoms with Gasteiger partial charge in [0.15, 0.2) is 0 Å². The lowest BCUT2D eigenvalue weighted by Crippen LogP contribution is -2.41. The van der Waals surface area contributed by atoms with Crippen molar-refractivity contribution in [2.45, 2.75) is 58.5 Å². The maximum atomic E-state index is 12.2. The van der Waals surface area contributed by atoms with Crippen molar-refractivity contribution in [3.8, 4) is 0 Å². The van der Waals surface area contributed by atoms with Gasteiger partial charge in [0.2, 0.25) is 11.8 Å². The first-order chi connectivity index (χ1) is 11.5. The first kappa shape index (κ1) is 18.5. The number of carbonyl (C=O) groups is 2. The number of nitrogens with one attached hydrogen (secondary N) is 2. The summed E-state index contributed by atoms with van der Waals surface area (Å²) in [6.07, 6.45) is 4.91. The van der Waals surface area contributed by atoms with Crippen LogP contribution >= 0.6 is 0 Å². The number of amides is 2. The Balaban J connectivity index is 1.85. The topological polar surface area (TPSA) is 84.2 Å². The fourth-order valence-corrected chi connectivity index (χ4v) is 3.13. The first-order valence-corrected chi connectivity index (χ1v) is 8.89. The van der Waals surface area contributed by atoms with E-state index in [-0.39, 0.29) is 17.7 Å². The molecule has 1 aromatic rings. The number of nitrogens with two attached hydrogens (primary N) is 1. The van der Waals surface area contributed by atoms with E-state index in [1.165, 1.54) is 0 Å². The van der Waals surface area contributed by atoms with E-state index in [4.69, 9.17) is 5.73 Å². The first-order valence-electron chi connectivity index (χ1n) is 8.89. The van der Waals surface area contributed by atoms with E-state index >= 15 is 0 Å². The molecule has 0 saturated heterocycles. The van der Waals surface area contributed by atoms with Gasteiger partial charge in [0.25, 0.3) is 0 Å². The van der Waals surface area contributed by atoms with E-state index in [9.17, 15) is 9.59 Å². The van der Waals surface area contributed by atoms with Gasteiger partial charge in [-0.1, -0.05) is 38.8 Å². The summed E-state index contributed by atoms with van der Waals surface area (Å²) in [4.78, 5) is 24.2. The van der Waals surface area contributed by atoms with E-state index in [0.717, 1.165) is 36.9 Å². The van der Waals surface area contributed by atoms with Crippen LogP contribution in [0.2, 0.25) is 0 Å². The molecule has 0 unspecified atom stereocenters. The van der Waals surface area contributed by atoms with Crippen LogP contribution in [0.4, 0.5) is 5.69 Å². The number of rotatable bonds is 7. The molecule has 0 aliphatic heterocycles. The van der Waals surface area contributed by atoms with Crippen molar-refractivity contribution in [3.63, 3.8) is 0 Å². The van der Waals surface area contributed by atoms with Crippen molar-refractivity contribution in [2.75, 3.05) is 5.32 Å². The van der Waals surface area contributed by atoms with Crippen LogP contribution in [0.25, 0.3) is 0 Å². The van der Waals surface area contributed by atoms with E-state index < -0.39 is 6.04 Å². The third-order valence-electron chi connectivity index (χ3n) is 4.45. The molecule has 2 amide bonds. The Bertz CT molecular complexity index is 565. The maximum Gasteiger partial charge on any atom is 0.237 e. The van der Waals surface area contributed by atoms with Gasteiger partial charge in [-0.05, 0) is 42.9 Å². The van der Waals surface area contributed by atoms with Crippen LogP contribution in [0.1, 0.15) is 51.5 Å². The highest BCUT2D eigenvalue weighted by Gasteiger charge is 2.22. The average Bonchev–Trinajstić information content (AvgIpc) is 3.07. The van der Waals surface area contributed by atoms with E-state index in [1.807, 2.05) is 38.1 Å². The molecule has 0 heterocycles. The fraction of sp³-hybridized carbons (Fsp3) is 0.579. The molecule has 1 atom stereocenters. The number of benzene rings is 1. The standard InChI is InChI=1S/C19H29N3O2/c1-13(2)10-17(20)19(24)21-12-14-6-5-9-16(11-14)22-18(23)15-7-3-4-8-15/h5-6,9,11,13,15,17H,3-4,7-8,10,12,20H2,1-2H3,(H,21,24)(H,22,23)/t17-/m0/s1. The second-order valence-electron chi connectivity index (χ2n) is 7.12. The zero-order valence-corrected chi connectivity index (χ0v) is 14.7. The quantitative estimate of drug-likeness (QED) is 0.718. The van der Waals surface area contributed by atoms with Crippen LogP contribution in [0.5, 0.6) is 0 Å². The molecule has 5 heteroatoms. The van der Waals surface area contributed by atoms with Crippen LogP contribution in [-0.4, -0.2) is 17.9 Å². The second kappa shape index (κ2) is 8.83. The Morgan fingerprint density at radius 2 is 1.96 bits per heavy atom. The Morgan fingerprint density at radius 3 is 2.62 bits per heavy atom. The summed E-state index contributed by atoms with van der Waals surface area (Å²) in [5, 5.41) is 5.85. The van der Waals surface area contributed by atoms with Gasteiger partial charge in [0.1, 0.15) is 0 Å². The van der Waals surface area contributed by atoms with Gasteiger partial charge in [-0.25, -0.2) is 0 Å². The second-order valence-corrected chi connectivity index (χ2v) is 7.12. The third-order valence-corrected chi connectivity index (χ3v) is 4.45. The largest absolute Gasteiger partial charge is 0.351 e. The van der Waals surface area contributed by atoms with Crippen LogP contribution < -0.4 is 16.4 Å². The summed E-state index contributed by atoms with van der Waals surface area (Å²) in [7, 11) is 0. The van der Waals surface area contributed by atoms with Gasteiger partial charge in [0, 0.05) is 18.2 Å². The lowest BCUT2D eigenvalue weighted by Gasteiger charge is -2.15. The smallest absolute Gasteiger partial charge is 0.237 e. The third kappa shape index (κ3) is 5.64. The normalized spacial score (nSPS) is 16.2. The lowest BCUT2D eigenvalue weighted by molar-refractivity contribution is -0.123. The predicted molar refractivity (Wildman–Crippen MR) is 96.3 cm³/mol. The van der Waals surface area contributed by atoms with E-state index in [1.54, 1.807) is 0 Å². The lowest BCUT2D eigenvalue weighted by atomic mass is 10.0. The van der Waals surface area contributed by atoms with Crippen LogP contribution in [-0.2, 0) is 16.1 Å². The van der Waals surface area contributed by atoms with Crippen molar-refractivity contribution in [2.24, 2.45) is 17.6 Å². The monoisotopic (exact) mass is 331 g/mol. The molecule has 0 radical (unpaired) electrons. The van der Waals surface area contributed by atoms with Gasteiger partial charge in [-0.15, -0.1) is 0 Å². The molecule has 4 N–H and O–H groups in total. The number of anilines is 1. The summed E-state index contributed by atoms with van der Waals surface area (Å²) < 4.78 is 0. The summed E-state index contributed by atoms with van der Waals surface area (Å²) in [6.45, 7) is 4.51. The minimum absolute atomic E-state index is 0.104. The summed E-state index contributed by atoms with van der Waals surface area (Å²) in [6, 6.07) is 7.12. The van der Waals surface area contributed by atoms with Gasteiger partial charge in [0.05, 0.1) is 6.04 Å². The van der Waals surface area contributed by atoms with Crippen molar-refractivity contribution in [3.05, 3.63) is 29.8 Å². The highest BCUT2D eigenvalue weighted by atomic mass is 16.2. The number of carbonyl (C=O) groups excluding carboxylic acids is 2. The SMILES string of the molecule is CC(C)C[C@H](N)C(=O)NCc1cccc(NC(=O)C2CCCC2)c1. The Kier molecular flexibility index (Phi) is 6.79. The van der Waals surface area contributed by atoms with Gasteiger partial charge < -0.3 is 16.4 Å². The van der Waals surface area contributed by atoms with Crippen molar-refractivity contribution in [1.29, 1.82) is 0 Å². The maximum absolute atomic E-state index is 12.2. The zero-order chi connectivity index (χ0) is 17.5. The van der Waals surface area contributed by atoms with Crippen LogP contribution in [0.3, 0.4) is 0 Å². The Labute approximate surface area is 144 Å². The van der Waals surface area contributed by atoms with Crippen molar-refractivity contribution < 1.29 is 9.59 Å². The molecule has 1 aliphatic rings. The molecule has 1 aromatic carbocycles. The van der Waals surface area contributed by atoms with E-state index in [2.05, 4.69) is 10.6 Å². The molecule has 2 rings (SSSR count). The highest BCUT2D eigenvalue weighted by Crippen LogP contribution is 2.26. The molecule has 24 heavy (non-hydrogen) atoms. The van der Waals surface area contributed by atoms with Crippen LogP contribution in [0, 0.1) is 11.8 Å². The van der Waals surface area contributed by atoms with E-state index in [0.29, 0.717) is 18.9 Å². The molecule has 1 aliphatic carbocycles. The number of hydrogen-bond acceptors (Lipinski definition) is 3. The molecule has 0 spiro atoms. The molecule has 1 fully saturated rings. The molecule has 5 nitrogen and oxygen atoms in total. The number of hydrogen-bond donors (Lipinski definition) is 3. The van der Waals surface area contributed by atoms with Gasteiger partial charge in [-0.3, -0.25) is 9.59 Å². The zero-order valence-electron chi connectivity index (χ0n) is 14.7. The highest BCUT2D eigenvalue weighted by molar-refractivity contribution is 5.92. The van der Waals surface area contributed by atoms with Crippen molar-refractivity contribution in [1.82, 2.24) is 5.32 Å². The molecule has 132 valence electrons. The Hall–Kier alpha value is -1.88. The average molecular weight is 331 g/mol. The van der Waals surface area contributed by atoms with Crippen LogP contribution in [0.15, 0.2) is 24.3 Å². The molecule has 1 saturated carbocycles. The van der Waals surface area contributed by atoms with Crippen molar-refractivity contribution >= 4 is 17.5 Å². The molecular formula is C19H29N3O2. The predicted octanol–water partition coefficient (Wildman–Crippen LogP) is 2.80. The van der Waals surface area contributed by atoms with Gasteiger partial charge >= 0.3 is 0 Å².